The van der Waals surface area contributed by atoms with Crippen LogP contribution in [-0.4, -0.2) is 24.6 Å². The van der Waals surface area contributed by atoms with Crippen LogP contribution >= 0.6 is 0 Å². The molecule has 2 rings (SSSR count). The van der Waals surface area contributed by atoms with E-state index in [1.54, 1.807) is 37.3 Å². The molecular formula is C16H15NO5. The van der Waals surface area contributed by atoms with Crippen LogP contribution in [0.15, 0.2) is 42.5 Å². The summed E-state index contributed by atoms with van der Waals surface area (Å²) in [6.07, 6.45) is 0. The number of nitrogens with zero attached hydrogens (tertiary/aromatic N) is 1. The van der Waals surface area contributed by atoms with E-state index in [2.05, 4.69) is 0 Å². The Morgan fingerprint density at radius 3 is 2.59 bits per heavy atom. The molecule has 0 spiro atoms. The summed E-state index contributed by atoms with van der Waals surface area (Å²) in [5.74, 6) is -0.293. The van der Waals surface area contributed by atoms with Crippen LogP contribution in [0.4, 0.5) is 5.69 Å². The first-order chi connectivity index (χ1) is 10.6. The van der Waals surface area contributed by atoms with Crippen LogP contribution in [0.2, 0.25) is 0 Å². The molecule has 0 aliphatic heterocycles. The highest BCUT2D eigenvalue weighted by molar-refractivity contribution is 5.97. The normalized spacial score (nSPS) is 10.1. The number of carbonyl (C=O) groups is 1. The molecule has 0 saturated carbocycles. The van der Waals surface area contributed by atoms with E-state index in [0.717, 1.165) is 0 Å². The lowest BCUT2D eigenvalue weighted by Gasteiger charge is -2.10. The molecule has 114 valence electrons. The third kappa shape index (κ3) is 3.06. The lowest BCUT2D eigenvalue weighted by atomic mass is 9.99. The molecule has 0 saturated heterocycles. The van der Waals surface area contributed by atoms with Crippen LogP contribution in [0.3, 0.4) is 0 Å². The third-order valence-corrected chi connectivity index (χ3v) is 3.11. The smallest absolute Gasteiger partial charge is 0.338 e. The highest BCUT2D eigenvalue weighted by Crippen LogP contribution is 2.33. The van der Waals surface area contributed by atoms with Gasteiger partial charge in [-0.15, -0.1) is 0 Å². The lowest BCUT2D eigenvalue weighted by Crippen LogP contribution is -2.06. The van der Waals surface area contributed by atoms with Gasteiger partial charge in [-0.1, -0.05) is 24.3 Å². The molecule has 6 nitrogen and oxygen atoms in total. The maximum Gasteiger partial charge on any atom is 0.338 e. The number of nitro benzene ring substituents is 1. The molecule has 0 unspecified atom stereocenters. The van der Waals surface area contributed by atoms with Gasteiger partial charge in [0.2, 0.25) is 0 Å². The number of hydrogen-bond donors (Lipinski definition) is 0. The van der Waals surface area contributed by atoms with E-state index in [-0.39, 0.29) is 18.0 Å². The van der Waals surface area contributed by atoms with Crippen LogP contribution < -0.4 is 4.74 Å². The van der Waals surface area contributed by atoms with Gasteiger partial charge < -0.3 is 9.47 Å². The van der Waals surface area contributed by atoms with Gasteiger partial charge in [0, 0.05) is 6.07 Å². The molecule has 0 radical (unpaired) electrons. The Balaban J connectivity index is 2.55. The van der Waals surface area contributed by atoms with Crippen LogP contribution in [0, 0.1) is 10.1 Å². The van der Waals surface area contributed by atoms with Crippen molar-refractivity contribution in [1.82, 2.24) is 0 Å². The molecular weight excluding hydrogens is 286 g/mol. The van der Waals surface area contributed by atoms with E-state index in [1.807, 2.05) is 0 Å². The van der Waals surface area contributed by atoms with Gasteiger partial charge in [0.05, 0.1) is 24.2 Å². The zero-order chi connectivity index (χ0) is 16.1. The van der Waals surface area contributed by atoms with E-state index in [9.17, 15) is 14.9 Å². The largest absolute Gasteiger partial charge is 0.490 e. The van der Waals surface area contributed by atoms with E-state index < -0.39 is 10.9 Å². The van der Waals surface area contributed by atoms with Crippen LogP contribution in [0.5, 0.6) is 5.75 Å². The van der Waals surface area contributed by atoms with Gasteiger partial charge in [-0.25, -0.2) is 4.79 Å². The van der Waals surface area contributed by atoms with E-state index in [1.165, 1.54) is 19.2 Å². The van der Waals surface area contributed by atoms with Crippen molar-refractivity contribution in [3.8, 4) is 16.9 Å². The standard InChI is InChI=1S/C16H15NO5/c1-3-22-16(18)13-7-5-4-6-12(13)11-8-9-15(21-2)14(10-11)17(19)20/h4-10H,3H2,1-2H3. The molecule has 22 heavy (non-hydrogen) atoms. The maximum absolute atomic E-state index is 12.0. The van der Waals surface area contributed by atoms with Gasteiger partial charge in [0.25, 0.3) is 0 Å². The second kappa shape index (κ2) is 6.71. The fourth-order valence-corrected chi connectivity index (χ4v) is 2.12. The Hall–Kier alpha value is -2.89. The van der Waals surface area contributed by atoms with Crippen LogP contribution in [0.1, 0.15) is 17.3 Å². The number of rotatable bonds is 5. The summed E-state index contributed by atoms with van der Waals surface area (Å²) in [6, 6.07) is 11.4. The molecule has 2 aromatic rings. The number of methoxy groups -OCH3 is 1. The van der Waals surface area contributed by atoms with E-state index in [4.69, 9.17) is 9.47 Å². The molecule has 0 amide bonds. The van der Waals surface area contributed by atoms with Crippen molar-refractivity contribution in [3.63, 3.8) is 0 Å². The molecule has 0 aromatic heterocycles. The van der Waals surface area contributed by atoms with Gasteiger partial charge in [-0.3, -0.25) is 10.1 Å². The van der Waals surface area contributed by atoms with Crippen molar-refractivity contribution < 1.29 is 19.2 Å². The van der Waals surface area contributed by atoms with Crippen molar-refractivity contribution in [2.24, 2.45) is 0 Å². The van der Waals surface area contributed by atoms with Gasteiger partial charge in [0.15, 0.2) is 5.75 Å². The summed E-state index contributed by atoms with van der Waals surface area (Å²) in [5.41, 5.74) is 1.34. The second-order valence-corrected chi connectivity index (χ2v) is 4.41. The predicted molar refractivity (Wildman–Crippen MR) is 81.0 cm³/mol. The van der Waals surface area contributed by atoms with E-state index in [0.29, 0.717) is 16.7 Å². The van der Waals surface area contributed by atoms with Crippen molar-refractivity contribution in [2.75, 3.05) is 13.7 Å². The van der Waals surface area contributed by atoms with Crippen molar-refractivity contribution in [1.29, 1.82) is 0 Å². The first-order valence-corrected chi connectivity index (χ1v) is 6.67. The zero-order valence-corrected chi connectivity index (χ0v) is 12.2. The molecule has 2 aromatic carbocycles. The number of ether oxygens (including phenoxy) is 2. The monoisotopic (exact) mass is 301 g/mol. The molecule has 6 heteroatoms. The number of benzene rings is 2. The Morgan fingerprint density at radius 1 is 1.23 bits per heavy atom. The summed E-state index contributed by atoms with van der Waals surface area (Å²) < 4.78 is 10.00. The minimum Gasteiger partial charge on any atom is -0.490 e. The molecule has 0 bridgehead atoms. The summed E-state index contributed by atoms with van der Waals surface area (Å²) >= 11 is 0. The topological polar surface area (TPSA) is 78.7 Å². The number of hydrogen-bond acceptors (Lipinski definition) is 5. The molecule has 0 aliphatic carbocycles. The Labute approximate surface area is 127 Å². The van der Waals surface area contributed by atoms with Gasteiger partial charge in [-0.2, -0.15) is 0 Å². The molecule has 0 N–H and O–H groups in total. The fourth-order valence-electron chi connectivity index (χ4n) is 2.12. The molecule has 0 fully saturated rings. The molecule has 0 aliphatic rings. The summed E-state index contributed by atoms with van der Waals surface area (Å²) in [6.45, 7) is 1.98. The summed E-state index contributed by atoms with van der Waals surface area (Å²) in [5, 5.41) is 11.1. The Kier molecular flexibility index (Phi) is 4.73. The van der Waals surface area contributed by atoms with Gasteiger partial charge >= 0.3 is 11.7 Å². The number of nitro groups is 1. The van der Waals surface area contributed by atoms with Gasteiger partial charge in [-0.05, 0) is 30.2 Å². The summed E-state index contributed by atoms with van der Waals surface area (Å²) in [4.78, 5) is 22.6. The average Bonchev–Trinajstić information content (AvgIpc) is 2.54. The fraction of sp³-hybridized carbons (Fsp3) is 0.188. The summed E-state index contributed by atoms with van der Waals surface area (Å²) in [7, 11) is 1.37. The quantitative estimate of drug-likeness (QED) is 0.480. The maximum atomic E-state index is 12.0. The minimum absolute atomic E-state index is 0.154. The average molecular weight is 301 g/mol. The highest BCUT2D eigenvalue weighted by Gasteiger charge is 2.19. The highest BCUT2D eigenvalue weighted by atomic mass is 16.6. The zero-order valence-electron chi connectivity index (χ0n) is 12.2. The van der Waals surface area contributed by atoms with Gasteiger partial charge in [0.1, 0.15) is 0 Å². The Morgan fingerprint density at radius 2 is 1.95 bits per heavy atom. The lowest BCUT2D eigenvalue weighted by molar-refractivity contribution is -0.385. The van der Waals surface area contributed by atoms with Crippen molar-refractivity contribution in [3.05, 3.63) is 58.1 Å². The van der Waals surface area contributed by atoms with Crippen LogP contribution in [0.25, 0.3) is 11.1 Å². The predicted octanol–water partition coefficient (Wildman–Crippen LogP) is 3.45. The third-order valence-electron chi connectivity index (χ3n) is 3.11. The SMILES string of the molecule is CCOC(=O)c1ccccc1-c1ccc(OC)c([N+](=O)[O-])c1. The number of esters is 1. The first-order valence-electron chi connectivity index (χ1n) is 6.67. The molecule has 0 atom stereocenters. The number of carbonyl (C=O) groups excluding carboxylic acids is 1. The second-order valence-electron chi connectivity index (χ2n) is 4.41. The van der Waals surface area contributed by atoms with Crippen molar-refractivity contribution >= 4 is 11.7 Å². The minimum atomic E-state index is -0.519. The van der Waals surface area contributed by atoms with E-state index >= 15 is 0 Å². The van der Waals surface area contributed by atoms with Crippen LogP contribution in [-0.2, 0) is 4.74 Å². The Bertz CT molecular complexity index is 711. The molecule has 0 heterocycles. The van der Waals surface area contributed by atoms with Crippen molar-refractivity contribution in [2.45, 2.75) is 6.92 Å². The first kappa shape index (κ1) is 15.5.